The molecule has 0 saturated heterocycles. The summed E-state index contributed by atoms with van der Waals surface area (Å²) in [6, 6.07) is 6.14. The number of phenols is 1. The van der Waals surface area contributed by atoms with Crippen molar-refractivity contribution >= 4 is 29.3 Å². The lowest BCUT2D eigenvalue weighted by Crippen LogP contribution is -2.35. The number of phenolic OH excluding ortho intramolecular Hbond substituents is 1. The maximum atomic E-state index is 11.7. The fourth-order valence-corrected chi connectivity index (χ4v) is 2.69. The van der Waals surface area contributed by atoms with Gasteiger partial charge in [-0.2, -0.15) is 0 Å². The second-order valence-corrected chi connectivity index (χ2v) is 6.93. The molecule has 0 aliphatic heterocycles. The Morgan fingerprint density at radius 1 is 1.07 bits per heavy atom. The maximum Gasteiger partial charge on any atom is 0.326 e. The summed E-state index contributed by atoms with van der Waals surface area (Å²) in [6.07, 6.45) is 0.0563. The highest BCUT2D eigenvalue weighted by molar-refractivity contribution is 5.79. The van der Waals surface area contributed by atoms with E-state index in [4.69, 9.17) is 0 Å². The Kier molecular flexibility index (Phi) is 7.13. The number of nitrogens with one attached hydrogen (secondary N) is 2. The molecule has 11 heteroatoms. The number of nitro groups is 1. The SMILES string of the molecule is CC(C)C(Nc1nc(N[C@@H](Cc2ccc(O)cc2)C(=O)O)ccc1[N+](=O)[O-])C(=O)O. The standard InChI is InChI=1S/C19H22N4O7/c1-10(2)16(19(27)28)22-17-14(23(29)30)7-8-15(21-17)20-13(18(25)26)9-11-3-5-12(24)6-4-11/h3-8,10,13,16,24H,9H2,1-2H3,(H,25,26)(H,27,28)(H2,20,21,22)/t13-,16?/m0/s1. The monoisotopic (exact) mass is 418 g/mol. The molecule has 1 unspecified atom stereocenters. The fourth-order valence-electron chi connectivity index (χ4n) is 2.69. The number of carbonyl (C=O) groups is 2. The molecule has 0 bridgehead atoms. The van der Waals surface area contributed by atoms with Gasteiger partial charge in [0.25, 0.3) is 0 Å². The minimum absolute atomic E-state index is 0.0298. The first-order valence-electron chi connectivity index (χ1n) is 9.00. The van der Waals surface area contributed by atoms with Crippen molar-refractivity contribution in [3.8, 4) is 5.75 Å². The smallest absolute Gasteiger partial charge is 0.326 e. The molecule has 1 aromatic carbocycles. The predicted molar refractivity (Wildman–Crippen MR) is 108 cm³/mol. The van der Waals surface area contributed by atoms with Gasteiger partial charge in [-0.3, -0.25) is 10.1 Å². The Labute approximate surface area is 171 Å². The molecule has 1 heterocycles. The van der Waals surface area contributed by atoms with Crippen LogP contribution in [0.2, 0.25) is 0 Å². The van der Waals surface area contributed by atoms with Crippen molar-refractivity contribution < 1.29 is 29.8 Å². The molecule has 2 aromatic rings. The van der Waals surface area contributed by atoms with Gasteiger partial charge in [0.1, 0.15) is 23.7 Å². The molecular formula is C19H22N4O7. The summed E-state index contributed by atoms with van der Waals surface area (Å²) in [6.45, 7) is 3.27. The van der Waals surface area contributed by atoms with E-state index in [9.17, 15) is 35.0 Å². The Bertz CT molecular complexity index is 931. The molecule has 5 N–H and O–H groups in total. The number of carboxylic acid groups (broad SMARTS) is 2. The van der Waals surface area contributed by atoms with Crippen molar-refractivity contribution in [3.63, 3.8) is 0 Å². The minimum atomic E-state index is -1.20. The predicted octanol–water partition coefficient (Wildman–Crippen LogP) is 2.32. The summed E-state index contributed by atoms with van der Waals surface area (Å²) in [4.78, 5) is 37.7. The fraction of sp³-hybridized carbons (Fsp3) is 0.316. The van der Waals surface area contributed by atoms with E-state index >= 15 is 0 Å². The van der Waals surface area contributed by atoms with Crippen LogP contribution < -0.4 is 10.6 Å². The minimum Gasteiger partial charge on any atom is -0.508 e. The lowest BCUT2D eigenvalue weighted by atomic mass is 10.0. The van der Waals surface area contributed by atoms with E-state index in [2.05, 4.69) is 15.6 Å². The normalized spacial score (nSPS) is 12.8. The number of pyridine rings is 1. The van der Waals surface area contributed by atoms with Crippen molar-refractivity contribution in [2.24, 2.45) is 5.92 Å². The molecule has 0 saturated carbocycles. The van der Waals surface area contributed by atoms with Crippen LogP contribution in [0.25, 0.3) is 0 Å². The van der Waals surface area contributed by atoms with Crippen LogP contribution in [0, 0.1) is 16.0 Å². The number of carboxylic acids is 2. The van der Waals surface area contributed by atoms with Crippen LogP contribution in [-0.2, 0) is 16.0 Å². The highest BCUT2D eigenvalue weighted by atomic mass is 16.6. The number of hydrogen-bond acceptors (Lipinski definition) is 8. The van der Waals surface area contributed by atoms with Crippen molar-refractivity contribution in [1.29, 1.82) is 0 Å². The quantitative estimate of drug-likeness (QED) is 0.284. The largest absolute Gasteiger partial charge is 0.508 e. The average Bonchev–Trinajstić information content (AvgIpc) is 2.66. The van der Waals surface area contributed by atoms with Crippen LogP contribution in [0.15, 0.2) is 36.4 Å². The summed E-state index contributed by atoms with van der Waals surface area (Å²) < 4.78 is 0. The Hall–Kier alpha value is -3.89. The number of hydrogen-bond donors (Lipinski definition) is 5. The van der Waals surface area contributed by atoms with E-state index in [0.717, 1.165) is 6.07 Å². The summed E-state index contributed by atoms with van der Waals surface area (Å²) in [5, 5.41) is 44.7. The van der Waals surface area contributed by atoms with Gasteiger partial charge in [-0.1, -0.05) is 26.0 Å². The van der Waals surface area contributed by atoms with Crippen LogP contribution in [0.4, 0.5) is 17.3 Å². The first-order chi connectivity index (χ1) is 14.1. The third-order valence-corrected chi connectivity index (χ3v) is 4.29. The summed E-state index contributed by atoms with van der Waals surface area (Å²) in [5.41, 5.74) is 0.205. The lowest BCUT2D eigenvalue weighted by Gasteiger charge is -2.20. The van der Waals surface area contributed by atoms with Gasteiger partial charge in [0.05, 0.1) is 4.92 Å². The highest BCUT2D eigenvalue weighted by Crippen LogP contribution is 2.26. The first kappa shape index (κ1) is 22.4. The molecule has 160 valence electrons. The summed E-state index contributed by atoms with van der Waals surface area (Å²) in [7, 11) is 0. The number of benzene rings is 1. The van der Waals surface area contributed by atoms with E-state index < -0.39 is 34.6 Å². The van der Waals surface area contributed by atoms with E-state index in [-0.39, 0.29) is 29.7 Å². The third kappa shape index (κ3) is 5.80. The second kappa shape index (κ2) is 9.54. The molecule has 0 spiro atoms. The van der Waals surface area contributed by atoms with Crippen molar-refractivity contribution in [1.82, 2.24) is 4.98 Å². The maximum absolute atomic E-state index is 11.7. The molecule has 0 aliphatic carbocycles. The topological polar surface area (TPSA) is 175 Å². The van der Waals surface area contributed by atoms with Gasteiger partial charge in [0.15, 0.2) is 0 Å². The second-order valence-electron chi connectivity index (χ2n) is 6.93. The van der Waals surface area contributed by atoms with Gasteiger partial charge in [-0.05, 0) is 29.7 Å². The number of rotatable bonds is 10. The van der Waals surface area contributed by atoms with Gasteiger partial charge < -0.3 is 26.0 Å². The van der Waals surface area contributed by atoms with E-state index in [0.29, 0.717) is 5.56 Å². The zero-order valence-electron chi connectivity index (χ0n) is 16.3. The van der Waals surface area contributed by atoms with Crippen molar-refractivity contribution in [3.05, 3.63) is 52.1 Å². The van der Waals surface area contributed by atoms with Gasteiger partial charge in [0, 0.05) is 12.5 Å². The molecule has 0 aliphatic rings. The summed E-state index contributed by atoms with van der Waals surface area (Å²) >= 11 is 0. The zero-order chi connectivity index (χ0) is 22.4. The number of aromatic nitrogens is 1. The molecule has 2 rings (SSSR count). The Morgan fingerprint density at radius 2 is 1.70 bits per heavy atom. The number of aromatic hydroxyl groups is 1. The van der Waals surface area contributed by atoms with Crippen LogP contribution in [0.5, 0.6) is 5.75 Å². The van der Waals surface area contributed by atoms with E-state index in [1.54, 1.807) is 26.0 Å². The molecule has 2 atom stereocenters. The summed E-state index contributed by atoms with van der Waals surface area (Å²) in [5.74, 6) is -2.97. The van der Waals surface area contributed by atoms with E-state index in [1.807, 2.05) is 0 Å². The van der Waals surface area contributed by atoms with Crippen LogP contribution in [-0.4, -0.2) is 49.2 Å². The molecule has 30 heavy (non-hydrogen) atoms. The number of anilines is 2. The van der Waals surface area contributed by atoms with E-state index in [1.165, 1.54) is 18.2 Å². The Morgan fingerprint density at radius 3 is 2.20 bits per heavy atom. The first-order valence-corrected chi connectivity index (χ1v) is 9.00. The third-order valence-electron chi connectivity index (χ3n) is 4.29. The molecule has 0 amide bonds. The molecule has 11 nitrogen and oxygen atoms in total. The Balaban J connectivity index is 2.30. The van der Waals surface area contributed by atoms with Gasteiger partial charge in [0.2, 0.25) is 5.82 Å². The van der Waals surface area contributed by atoms with Crippen molar-refractivity contribution in [2.75, 3.05) is 10.6 Å². The number of aliphatic carboxylic acids is 2. The van der Waals surface area contributed by atoms with Crippen LogP contribution in [0.3, 0.4) is 0 Å². The van der Waals surface area contributed by atoms with Gasteiger partial charge >= 0.3 is 17.6 Å². The van der Waals surface area contributed by atoms with Crippen LogP contribution in [0.1, 0.15) is 19.4 Å². The molecule has 0 fully saturated rings. The molecule has 1 aromatic heterocycles. The number of nitrogens with zero attached hydrogens (tertiary/aromatic N) is 2. The van der Waals surface area contributed by atoms with Gasteiger partial charge in [-0.15, -0.1) is 0 Å². The lowest BCUT2D eigenvalue weighted by molar-refractivity contribution is -0.384. The zero-order valence-corrected chi connectivity index (χ0v) is 16.3. The van der Waals surface area contributed by atoms with Crippen molar-refractivity contribution in [2.45, 2.75) is 32.4 Å². The van der Waals surface area contributed by atoms with Gasteiger partial charge in [-0.25, -0.2) is 14.6 Å². The highest BCUT2D eigenvalue weighted by Gasteiger charge is 2.27. The molecule has 0 radical (unpaired) electrons. The average molecular weight is 418 g/mol. The van der Waals surface area contributed by atoms with Crippen LogP contribution >= 0.6 is 0 Å². The molecular weight excluding hydrogens is 396 g/mol.